The zero-order chi connectivity index (χ0) is 22.5. The van der Waals surface area contributed by atoms with Crippen LogP contribution in [0.2, 0.25) is 0 Å². The quantitative estimate of drug-likeness (QED) is 0.616. The molecule has 1 aromatic heterocycles. The number of benzene rings is 2. The highest BCUT2D eigenvalue weighted by molar-refractivity contribution is 5.93. The molecule has 8 nitrogen and oxygen atoms in total. The molecule has 0 aliphatic carbocycles. The van der Waals surface area contributed by atoms with Crippen molar-refractivity contribution in [3.05, 3.63) is 76.7 Å². The Hall–Kier alpha value is -3.81. The molecule has 0 spiro atoms. The standard InChI is InChI=1S/C24H26N4O4/c1-31-21-10-19(11-22(13-21)32-2)26-24(30)18-8-9-27(16-18)20-12-23(29)28(25-14-20)15-17-6-4-3-5-7-17/h3-7,10-14,18H,8-9,15-16H2,1-2H3,(H,26,30). The molecular formula is C24H26N4O4. The lowest BCUT2D eigenvalue weighted by Crippen LogP contribution is -2.29. The minimum absolute atomic E-state index is 0.0758. The predicted molar refractivity (Wildman–Crippen MR) is 123 cm³/mol. The zero-order valence-corrected chi connectivity index (χ0v) is 18.2. The van der Waals surface area contributed by atoms with Crippen LogP contribution in [0.25, 0.3) is 0 Å². The molecule has 4 rings (SSSR count). The minimum Gasteiger partial charge on any atom is -0.497 e. The maximum absolute atomic E-state index is 12.8. The fraction of sp³-hybridized carbons (Fsp3) is 0.292. The van der Waals surface area contributed by atoms with E-state index in [-0.39, 0.29) is 17.4 Å². The van der Waals surface area contributed by atoms with Crippen LogP contribution in [0.4, 0.5) is 11.4 Å². The van der Waals surface area contributed by atoms with Gasteiger partial charge in [0.2, 0.25) is 5.91 Å². The molecule has 32 heavy (non-hydrogen) atoms. The second kappa shape index (κ2) is 9.55. The average Bonchev–Trinajstić information content (AvgIpc) is 3.31. The molecular weight excluding hydrogens is 408 g/mol. The molecule has 8 heteroatoms. The van der Waals surface area contributed by atoms with Crippen LogP contribution in [-0.4, -0.2) is 43.0 Å². The van der Waals surface area contributed by atoms with Crippen LogP contribution in [0, 0.1) is 5.92 Å². The molecule has 1 aliphatic heterocycles. The third-order valence-electron chi connectivity index (χ3n) is 5.57. The van der Waals surface area contributed by atoms with Crippen molar-refractivity contribution < 1.29 is 14.3 Å². The number of hydrogen-bond donors (Lipinski definition) is 1. The summed E-state index contributed by atoms with van der Waals surface area (Å²) in [7, 11) is 3.13. The maximum atomic E-state index is 12.8. The molecule has 0 saturated carbocycles. The Bertz CT molecular complexity index is 1120. The SMILES string of the molecule is COc1cc(NC(=O)C2CCN(c3cnn(Cc4ccccc4)c(=O)c3)C2)cc(OC)c1. The fourth-order valence-corrected chi connectivity index (χ4v) is 3.80. The van der Waals surface area contributed by atoms with Gasteiger partial charge in [-0.05, 0) is 12.0 Å². The van der Waals surface area contributed by atoms with E-state index in [9.17, 15) is 9.59 Å². The van der Waals surface area contributed by atoms with Gasteiger partial charge in [0, 0.05) is 43.0 Å². The molecule has 2 heterocycles. The number of amides is 1. The van der Waals surface area contributed by atoms with E-state index in [1.165, 1.54) is 4.68 Å². The van der Waals surface area contributed by atoms with E-state index in [1.54, 1.807) is 44.7 Å². The molecule has 3 aromatic rings. The first-order chi connectivity index (χ1) is 15.6. The number of carbonyl (C=O) groups is 1. The highest BCUT2D eigenvalue weighted by Gasteiger charge is 2.29. The molecule has 166 valence electrons. The fourth-order valence-electron chi connectivity index (χ4n) is 3.80. The van der Waals surface area contributed by atoms with Gasteiger partial charge in [-0.1, -0.05) is 30.3 Å². The number of hydrogen-bond acceptors (Lipinski definition) is 6. The second-order valence-corrected chi connectivity index (χ2v) is 7.72. The number of carbonyl (C=O) groups excluding carboxylic acids is 1. The van der Waals surface area contributed by atoms with Gasteiger partial charge in [-0.2, -0.15) is 5.10 Å². The summed E-state index contributed by atoms with van der Waals surface area (Å²) in [6, 6.07) is 16.6. The van der Waals surface area contributed by atoms with Gasteiger partial charge in [0.15, 0.2) is 0 Å². The summed E-state index contributed by atoms with van der Waals surface area (Å²) < 4.78 is 12.0. The van der Waals surface area contributed by atoms with Crippen molar-refractivity contribution in [2.45, 2.75) is 13.0 Å². The van der Waals surface area contributed by atoms with E-state index in [2.05, 4.69) is 10.4 Å². The van der Waals surface area contributed by atoms with Gasteiger partial charge in [-0.3, -0.25) is 9.59 Å². The van der Waals surface area contributed by atoms with Crippen LogP contribution in [0.15, 0.2) is 65.6 Å². The van der Waals surface area contributed by atoms with E-state index in [1.807, 2.05) is 35.2 Å². The summed E-state index contributed by atoms with van der Waals surface area (Å²) in [5, 5.41) is 7.27. The topological polar surface area (TPSA) is 85.7 Å². The highest BCUT2D eigenvalue weighted by atomic mass is 16.5. The Labute approximate surface area is 186 Å². The van der Waals surface area contributed by atoms with Crippen LogP contribution < -0.4 is 25.2 Å². The number of methoxy groups -OCH3 is 2. The van der Waals surface area contributed by atoms with Crippen molar-refractivity contribution in [2.24, 2.45) is 5.92 Å². The van der Waals surface area contributed by atoms with Gasteiger partial charge in [-0.15, -0.1) is 0 Å². The largest absolute Gasteiger partial charge is 0.497 e. The smallest absolute Gasteiger partial charge is 0.269 e. The lowest BCUT2D eigenvalue weighted by Gasteiger charge is -2.18. The molecule has 1 amide bonds. The van der Waals surface area contributed by atoms with E-state index < -0.39 is 0 Å². The maximum Gasteiger partial charge on any atom is 0.269 e. The van der Waals surface area contributed by atoms with Crippen molar-refractivity contribution in [3.63, 3.8) is 0 Å². The molecule has 1 atom stereocenters. The molecule has 1 unspecified atom stereocenters. The minimum atomic E-state index is -0.195. The normalized spacial score (nSPS) is 15.4. The van der Waals surface area contributed by atoms with Crippen molar-refractivity contribution in [3.8, 4) is 11.5 Å². The Kier molecular flexibility index (Phi) is 6.39. The van der Waals surface area contributed by atoms with Gasteiger partial charge in [0.1, 0.15) is 11.5 Å². The van der Waals surface area contributed by atoms with Gasteiger partial charge in [0.25, 0.3) is 5.56 Å². The van der Waals surface area contributed by atoms with E-state index in [4.69, 9.17) is 9.47 Å². The van der Waals surface area contributed by atoms with Gasteiger partial charge in [-0.25, -0.2) is 4.68 Å². The highest BCUT2D eigenvalue weighted by Crippen LogP contribution is 2.28. The first kappa shape index (κ1) is 21.4. The lowest BCUT2D eigenvalue weighted by molar-refractivity contribution is -0.119. The van der Waals surface area contributed by atoms with Crippen molar-refractivity contribution in [1.29, 1.82) is 0 Å². The third kappa shape index (κ3) is 4.91. The molecule has 1 N–H and O–H groups in total. The number of nitrogens with zero attached hydrogens (tertiary/aromatic N) is 3. The molecule has 0 radical (unpaired) electrons. The van der Waals surface area contributed by atoms with Crippen LogP contribution in [-0.2, 0) is 11.3 Å². The third-order valence-corrected chi connectivity index (χ3v) is 5.57. The molecule has 2 aromatic carbocycles. The molecule has 1 saturated heterocycles. The van der Waals surface area contributed by atoms with Gasteiger partial charge in [0.05, 0.1) is 38.6 Å². The Morgan fingerprint density at radius 1 is 1.09 bits per heavy atom. The van der Waals surface area contributed by atoms with Gasteiger partial charge < -0.3 is 19.7 Å². The summed E-state index contributed by atoms with van der Waals surface area (Å²) in [4.78, 5) is 27.4. The zero-order valence-electron chi connectivity index (χ0n) is 18.2. The summed E-state index contributed by atoms with van der Waals surface area (Å²) in [5.74, 6) is 0.941. The monoisotopic (exact) mass is 434 g/mol. The van der Waals surface area contributed by atoms with Crippen LogP contribution in [0.1, 0.15) is 12.0 Å². The number of anilines is 2. The summed E-state index contributed by atoms with van der Waals surface area (Å²) in [6.07, 6.45) is 2.39. The number of nitrogens with one attached hydrogen (secondary N) is 1. The first-order valence-electron chi connectivity index (χ1n) is 10.5. The van der Waals surface area contributed by atoms with Crippen molar-refractivity contribution in [1.82, 2.24) is 9.78 Å². The average molecular weight is 434 g/mol. The Morgan fingerprint density at radius 2 is 1.81 bits per heavy atom. The van der Waals surface area contributed by atoms with Crippen LogP contribution in [0.3, 0.4) is 0 Å². The Morgan fingerprint density at radius 3 is 2.47 bits per heavy atom. The molecule has 0 bridgehead atoms. The molecule has 1 fully saturated rings. The first-order valence-corrected chi connectivity index (χ1v) is 10.5. The van der Waals surface area contributed by atoms with E-state index >= 15 is 0 Å². The van der Waals surface area contributed by atoms with Crippen molar-refractivity contribution >= 4 is 17.3 Å². The molecule has 1 aliphatic rings. The van der Waals surface area contributed by atoms with E-state index in [0.29, 0.717) is 43.2 Å². The number of aromatic nitrogens is 2. The van der Waals surface area contributed by atoms with E-state index in [0.717, 1.165) is 11.3 Å². The lowest BCUT2D eigenvalue weighted by atomic mass is 10.1. The summed E-state index contributed by atoms with van der Waals surface area (Å²) >= 11 is 0. The van der Waals surface area contributed by atoms with Crippen LogP contribution in [0.5, 0.6) is 11.5 Å². The number of rotatable bonds is 7. The Balaban J connectivity index is 1.40. The summed E-state index contributed by atoms with van der Waals surface area (Å²) in [6.45, 7) is 1.63. The second-order valence-electron chi connectivity index (χ2n) is 7.72. The van der Waals surface area contributed by atoms with Crippen LogP contribution >= 0.6 is 0 Å². The number of ether oxygens (including phenoxy) is 2. The summed E-state index contributed by atoms with van der Waals surface area (Å²) in [5.41, 5.74) is 2.21. The van der Waals surface area contributed by atoms with Gasteiger partial charge >= 0.3 is 0 Å². The predicted octanol–water partition coefficient (Wildman–Crippen LogP) is 2.77. The van der Waals surface area contributed by atoms with Crippen molar-refractivity contribution in [2.75, 3.05) is 37.5 Å².